The lowest BCUT2D eigenvalue weighted by Crippen LogP contribution is -2.27. The number of hydrogen-bond acceptors (Lipinski definition) is 6. The average Bonchev–Trinajstić information content (AvgIpc) is 3.06. The fourth-order valence-electron chi connectivity index (χ4n) is 3.76. The van der Waals surface area contributed by atoms with Gasteiger partial charge in [0.05, 0.1) is 11.4 Å². The van der Waals surface area contributed by atoms with E-state index in [1.165, 1.54) is 0 Å². The number of nitrogens with one attached hydrogen (secondary N) is 3. The summed E-state index contributed by atoms with van der Waals surface area (Å²) in [5, 5.41) is 9.86. The van der Waals surface area contributed by atoms with Gasteiger partial charge in [-0.15, -0.1) is 0 Å². The second kappa shape index (κ2) is 10.6. The zero-order chi connectivity index (χ0) is 22.2. The van der Waals surface area contributed by atoms with Gasteiger partial charge in [0.1, 0.15) is 5.75 Å². The van der Waals surface area contributed by atoms with Gasteiger partial charge in [-0.05, 0) is 49.1 Å². The third kappa shape index (κ3) is 5.35. The molecule has 0 atom stereocenters. The highest BCUT2D eigenvalue weighted by molar-refractivity contribution is 5.96. The highest BCUT2D eigenvalue weighted by atomic mass is 16.5. The highest BCUT2D eigenvalue weighted by Crippen LogP contribution is 2.32. The van der Waals surface area contributed by atoms with Crippen LogP contribution in [0, 0.1) is 0 Å². The number of hydrogen-bond donors (Lipinski definition) is 3. The first-order valence-electron chi connectivity index (χ1n) is 11.2. The van der Waals surface area contributed by atoms with Crippen LogP contribution in [0.2, 0.25) is 0 Å². The summed E-state index contributed by atoms with van der Waals surface area (Å²) >= 11 is 0. The summed E-state index contributed by atoms with van der Waals surface area (Å²) in [6, 6.07) is 11.6. The van der Waals surface area contributed by atoms with E-state index >= 15 is 0 Å². The number of benzene rings is 1. The van der Waals surface area contributed by atoms with Gasteiger partial charge >= 0.3 is 0 Å². The van der Waals surface area contributed by atoms with Crippen LogP contribution < -0.4 is 20.7 Å². The van der Waals surface area contributed by atoms with Crippen LogP contribution in [-0.2, 0) is 12.8 Å². The molecule has 0 fully saturated rings. The van der Waals surface area contributed by atoms with E-state index in [0.717, 1.165) is 54.9 Å². The molecule has 1 aliphatic heterocycles. The zero-order valence-corrected chi connectivity index (χ0v) is 18.4. The molecule has 1 amide bonds. The number of carbonyl (C=O) groups excluding carboxylic acids is 1. The maximum absolute atomic E-state index is 12.9. The minimum absolute atomic E-state index is 0.114. The van der Waals surface area contributed by atoms with Gasteiger partial charge in [-0.2, -0.15) is 0 Å². The maximum atomic E-state index is 12.9. The van der Waals surface area contributed by atoms with E-state index in [1.54, 1.807) is 18.5 Å². The number of anilines is 2. The molecule has 0 radical (unpaired) electrons. The summed E-state index contributed by atoms with van der Waals surface area (Å²) in [7, 11) is 0. The van der Waals surface area contributed by atoms with Gasteiger partial charge in [-0.1, -0.05) is 19.4 Å². The molecule has 7 nitrogen and oxygen atoms in total. The van der Waals surface area contributed by atoms with Gasteiger partial charge in [0.15, 0.2) is 0 Å². The largest absolute Gasteiger partial charge is 0.439 e. The first kappa shape index (κ1) is 21.6. The maximum Gasteiger partial charge on any atom is 0.251 e. The van der Waals surface area contributed by atoms with E-state index in [9.17, 15) is 4.79 Å². The molecule has 1 aliphatic rings. The summed E-state index contributed by atoms with van der Waals surface area (Å²) in [4.78, 5) is 21.5. The van der Waals surface area contributed by atoms with Crippen molar-refractivity contribution in [3.8, 4) is 11.6 Å². The molecule has 32 heavy (non-hydrogen) atoms. The SMILES string of the molecule is CCCc1c(C(=O)NCCc2cccnc2)ccnc1Oc1ccc2c(c1)NCCCN2. The molecule has 166 valence electrons. The zero-order valence-electron chi connectivity index (χ0n) is 18.4. The highest BCUT2D eigenvalue weighted by Gasteiger charge is 2.18. The van der Waals surface area contributed by atoms with Crippen LogP contribution >= 0.6 is 0 Å². The molecule has 2 aromatic heterocycles. The number of fused-ring (bicyclic) bond motifs is 1. The average molecular weight is 432 g/mol. The third-order valence-corrected chi connectivity index (χ3v) is 5.37. The van der Waals surface area contributed by atoms with Crippen molar-refractivity contribution in [2.75, 3.05) is 30.3 Å². The molecule has 4 rings (SSSR count). The Morgan fingerprint density at radius 3 is 2.78 bits per heavy atom. The van der Waals surface area contributed by atoms with Crippen molar-refractivity contribution in [3.63, 3.8) is 0 Å². The smallest absolute Gasteiger partial charge is 0.251 e. The predicted octanol–water partition coefficient (Wildman–Crippen LogP) is 4.42. The fourth-order valence-corrected chi connectivity index (χ4v) is 3.76. The van der Waals surface area contributed by atoms with Crippen molar-refractivity contribution in [1.29, 1.82) is 0 Å². The lowest BCUT2D eigenvalue weighted by molar-refractivity contribution is 0.0952. The van der Waals surface area contributed by atoms with E-state index < -0.39 is 0 Å². The van der Waals surface area contributed by atoms with Crippen molar-refractivity contribution in [2.45, 2.75) is 32.6 Å². The first-order chi connectivity index (χ1) is 15.7. The van der Waals surface area contributed by atoms with Gasteiger partial charge < -0.3 is 20.7 Å². The molecule has 3 heterocycles. The van der Waals surface area contributed by atoms with Crippen LogP contribution in [0.25, 0.3) is 0 Å². The predicted molar refractivity (Wildman–Crippen MR) is 127 cm³/mol. The normalized spacial score (nSPS) is 12.7. The summed E-state index contributed by atoms with van der Waals surface area (Å²) in [6.07, 6.45) is 8.57. The molecule has 0 saturated carbocycles. The second-order valence-electron chi connectivity index (χ2n) is 7.78. The lowest BCUT2D eigenvalue weighted by Gasteiger charge is -2.15. The van der Waals surface area contributed by atoms with Crippen molar-refractivity contribution < 1.29 is 9.53 Å². The molecule has 0 spiro atoms. The quantitative estimate of drug-likeness (QED) is 0.489. The lowest BCUT2D eigenvalue weighted by atomic mass is 10.0. The summed E-state index contributed by atoms with van der Waals surface area (Å²) in [5.74, 6) is 1.06. The third-order valence-electron chi connectivity index (χ3n) is 5.37. The van der Waals surface area contributed by atoms with Crippen LogP contribution in [0.1, 0.15) is 41.3 Å². The number of amides is 1. The molecular weight excluding hydrogens is 402 g/mol. The monoisotopic (exact) mass is 431 g/mol. The Morgan fingerprint density at radius 2 is 1.97 bits per heavy atom. The van der Waals surface area contributed by atoms with Gasteiger partial charge in [-0.3, -0.25) is 9.78 Å². The number of aromatic nitrogens is 2. The Labute approximate surface area is 188 Å². The molecule has 3 N–H and O–H groups in total. The molecule has 3 aromatic rings. The van der Waals surface area contributed by atoms with Crippen molar-refractivity contribution >= 4 is 17.3 Å². The van der Waals surface area contributed by atoms with Crippen LogP contribution in [-0.4, -0.2) is 35.5 Å². The molecule has 0 aliphatic carbocycles. The Kier molecular flexibility index (Phi) is 7.17. The Morgan fingerprint density at radius 1 is 1.09 bits per heavy atom. The van der Waals surface area contributed by atoms with Gasteiger partial charge in [0.25, 0.3) is 5.91 Å². The Balaban J connectivity index is 1.50. The molecule has 1 aromatic carbocycles. The van der Waals surface area contributed by atoms with Crippen molar-refractivity contribution in [1.82, 2.24) is 15.3 Å². The molecular formula is C25H29N5O2. The number of nitrogens with zero attached hydrogens (tertiary/aromatic N) is 2. The van der Waals surface area contributed by atoms with Crippen LogP contribution in [0.5, 0.6) is 11.6 Å². The minimum atomic E-state index is -0.114. The van der Waals surface area contributed by atoms with Crippen LogP contribution in [0.15, 0.2) is 55.0 Å². The minimum Gasteiger partial charge on any atom is -0.439 e. The van der Waals surface area contributed by atoms with E-state index in [1.807, 2.05) is 36.5 Å². The van der Waals surface area contributed by atoms with Crippen LogP contribution in [0.4, 0.5) is 11.4 Å². The molecule has 0 bridgehead atoms. The number of pyridine rings is 2. The second-order valence-corrected chi connectivity index (χ2v) is 7.78. The molecule has 0 saturated heterocycles. The van der Waals surface area contributed by atoms with Crippen molar-refractivity contribution in [3.05, 3.63) is 71.7 Å². The van der Waals surface area contributed by atoms with E-state index in [2.05, 4.69) is 32.8 Å². The number of carbonyl (C=O) groups is 1. The topological polar surface area (TPSA) is 88.2 Å². The van der Waals surface area contributed by atoms with Crippen LogP contribution in [0.3, 0.4) is 0 Å². The number of ether oxygens (including phenoxy) is 1. The summed E-state index contributed by atoms with van der Waals surface area (Å²) in [6.45, 7) is 4.48. The first-order valence-corrected chi connectivity index (χ1v) is 11.2. The summed E-state index contributed by atoms with van der Waals surface area (Å²) in [5.41, 5.74) is 4.61. The Hall–Kier alpha value is -3.61. The molecule has 7 heteroatoms. The standard InChI is InChI=1S/C25H29N5O2/c1-2-5-21-20(24(31)29-14-9-18-6-3-11-26-17-18)10-15-30-25(21)32-19-7-8-22-23(16-19)28-13-4-12-27-22/h3,6-8,10-11,15-17,27-28H,2,4-5,9,12-14H2,1H3,(H,29,31). The van der Waals surface area contributed by atoms with Crippen molar-refractivity contribution in [2.24, 2.45) is 0 Å². The van der Waals surface area contributed by atoms with E-state index in [0.29, 0.717) is 30.2 Å². The van der Waals surface area contributed by atoms with Gasteiger partial charge in [-0.25, -0.2) is 4.98 Å². The Bertz CT molecular complexity index is 1060. The van der Waals surface area contributed by atoms with E-state index in [4.69, 9.17) is 4.74 Å². The molecule has 0 unspecified atom stereocenters. The fraction of sp³-hybridized carbons (Fsp3) is 0.320. The summed E-state index contributed by atoms with van der Waals surface area (Å²) < 4.78 is 6.17. The number of rotatable bonds is 8. The van der Waals surface area contributed by atoms with Gasteiger partial charge in [0.2, 0.25) is 5.88 Å². The van der Waals surface area contributed by atoms with E-state index in [-0.39, 0.29) is 5.91 Å². The van der Waals surface area contributed by atoms with Gasteiger partial charge in [0, 0.05) is 55.4 Å².